The lowest BCUT2D eigenvalue weighted by Crippen LogP contribution is -2.47. The fourth-order valence-electron chi connectivity index (χ4n) is 4.81. The molecule has 0 radical (unpaired) electrons. The third kappa shape index (κ3) is 5.55. The van der Waals surface area contributed by atoms with Gasteiger partial charge in [-0.1, -0.05) is 17.3 Å². The number of piperidine rings is 1. The van der Waals surface area contributed by atoms with E-state index in [2.05, 4.69) is 20.7 Å². The van der Waals surface area contributed by atoms with Crippen molar-refractivity contribution >= 4 is 34.6 Å². The summed E-state index contributed by atoms with van der Waals surface area (Å²) in [6, 6.07) is 9.57. The number of anilines is 1. The number of H-pyrrole nitrogens is 1. The molecule has 3 amide bonds. The smallest absolute Gasteiger partial charge is 0.416 e. The molecule has 2 saturated heterocycles. The van der Waals surface area contributed by atoms with E-state index in [9.17, 15) is 27.6 Å². The first-order valence-corrected chi connectivity index (χ1v) is 12.2. The highest BCUT2D eigenvalue weighted by molar-refractivity contribution is 5.98. The van der Waals surface area contributed by atoms with Gasteiger partial charge in [-0.25, -0.2) is 4.79 Å². The number of amides is 3. The predicted octanol–water partition coefficient (Wildman–Crippen LogP) is 3.56. The van der Waals surface area contributed by atoms with E-state index in [0.717, 1.165) is 17.6 Å². The van der Waals surface area contributed by atoms with Crippen LogP contribution in [0, 0.1) is 5.92 Å². The van der Waals surface area contributed by atoms with Crippen molar-refractivity contribution in [1.29, 1.82) is 0 Å². The van der Waals surface area contributed by atoms with Crippen molar-refractivity contribution in [3.05, 3.63) is 53.6 Å². The largest absolute Gasteiger partial charge is 0.445 e. The van der Waals surface area contributed by atoms with E-state index in [0.29, 0.717) is 49.2 Å². The van der Waals surface area contributed by atoms with Crippen LogP contribution in [0.25, 0.3) is 11.0 Å². The standard InChI is InChI=1S/C25H25F3N6O4/c26-25(27,28)17-3-1-15(2-4-17)14-38-24(37)33-9-7-19(8-10-33)34-13-16(11-22(34)35)23(36)29-18-5-6-20-21(12-18)31-32-30-20/h1-6,12,16,19H,7-11,13-14H2,(H,29,36)(H,30,31,32). The van der Waals surface area contributed by atoms with Crippen LogP contribution in [0.3, 0.4) is 0 Å². The second-order valence-electron chi connectivity index (χ2n) is 9.45. The number of nitrogens with zero attached hydrogens (tertiary/aromatic N) is 4. The summed E-state index contributed by atoms with van der Waals surface area (Å²) in [7, 11) is 0. The molecule has 3 aromatic rings. The van der Waals surface area contributed by atoms with Crippen molar-refractivity contribution in [2.75, 3.05) is 25.0 Å². The fourth-order valence-corrected chi connectivity index (χ4v) is 4.81. The zero-order valence-electron chi connectivity index (χ0n) is 20.2. The molecule has 5 rings (SSSR count). The molecule has 0 bridgehead atoms. The zero-order valence-corrected chi connectivity index (χ0v) is 20.2. The van der Waals surface area contributed by atoms with Crippen LogP contribution in [-0.4, -0.2) is 68.8 Å². The Hall–Kier alpha value is -4.16. The molecular weight excluding hydrogens is 505 g/mol. The number of benzene rings is 2. The monoisotopic (exact) mass is 530 g/mol. The van der Waals surface area contributed by atoms with Crippen LogP contribution in [-0.2, 0) is 27.1 Å². The molecule has 0 saturated carbocycles. The minimum Gasteiger partial charge on any atom is -0.445 e. The number of carbonyl (C=O) groups excluding carboxylic acids is 3. The quantitative estimate of drug-likeness (QED) is 0.521. The molecule has 0 spiro atoms. The van der Waals surface area contributed by atoms with E-state index in [-0.39, 0.29) is 30.9 Å². The van der Waals surface area contributed by atoms with E-state index >= 15 is 0 Å². The number of hydrogen-bond donors (Lipinski definition) is 2. The molecule has 1 unspecified atom stereocenters. The van der Waals surface area contributed by atoms with E-state index in [1.54, 1.807) is 23.1 Å². The van der Waals surface area contributed by atoms with Crippen LogP contribution in [0.15, 0.2) is 42.5 Å². The molecule has 2 aromatic carbocycles. The van der Waals surface area contributed by atoms with Gasteiger partial charge >= 0.3 is 12.3 Å². The summed E-state index contributed by atoms with van der Waals surface area (Å²) in [6.07, 6.45) is -3.78. The van der Waals surface area contributed by atoms with Gasteiger partial charge in [0.05, 0.1) is 17.0 Å². The Labute approximate surface area is 215 Å². The highest BCUT2D eigenvalue weighted by Crippen LogP contribution is 2.30. The maximum absolute atomic E-state index is 12.8. The molecular formula is C25H25F3N6O4. The summed E-state index contributed by atoms with van der Waals surface area (Å²) >= 11 is 0. The second kappa shape index (κ2) is 10.3. The number of fused-ring (bicyclic) bond motifs is 1. The van der Waals surface area contributed by atoms with Gasteiger partial charge in [-0.3, -0.25) is 14.7 Å². The molecule has 3 heterocycles. The Bertz CT molecular complexity index is 1330. The van der Waals surface area contributed by atoms with Crippen molar-refractivity contribution in [1.82, 2.24) is 25.2 Å². The molecule has 10 nitrogen and oxygen atoms in total. The maximum Gasteiger partial charge on any atom is 0.416 e. The summed E-state index contributed by atoms with van der Waals surface area (Å²) < 4.78 is 43.3. The van der Waals surface area contributed by atoms with Crippen molar-refractivity contribution in [2.45, 2.75) is 38.1 Å². The van der Waals surface area contributed by atoms with Crippen LogP contribution >= 0.6 is 0 Å². The molecule has 13 heteroatoms. The van der Waals surface area contributed by atoms with Crippen LogP contribution in [0.4, 0.5) is 23.7 Å². The fraction of sp³-hybridized carbons (Fsp3) is 0.400. The van der Waals surface area contributed by atoms with Crippen molar-refractivity contribution in [3.63, 3.8) is 0 Å². The number of rotatable bonds is 5. The lowest BCUT2D eigenvalue weighted by molar-refractivity contribution is -0.137. The molecule has 2 aliphatic heterocycles. The first-order valence-electron chi connectivity index (χ1n) is 12.2. The molecule has 0 aliphatic carbocycles. The molecule has 1 atom stereocenters. The Morgan fingerprint density at radius 1 is 1.11 bits per heavy atom. The Kier molecular flexibility index (Phi) is 6.91. The summed E-state index contributed by atoms with van der Waals surface area (Å²) in [6.45, 7) is 0.908. The second-order valence-corrected chi connectivity index (χ2v) is 9.45. The van der Waals surface area contributed by atoms with Gasteiger partial charge in [-0.05, 0) is 48.7 Å². The first-order chi connectivity index (χ1) is 18.2. The Morgan fingerprint density at radius 3 is 2.55 bits per heavy atom. The van der Waals surface area contributed by atoms with Crippen LogP contribution in [0.2, 0.25) is 0 Å². The van der Waals surface area contributed by atoms with Gasteiger partial charge in [0, 0.05) is 37.8 Å². The normalized spacial score (nSPS) is 18.7. The average molecular weight is 531 g/mol. The molecule has 200 valence electrons. The van der Waals surface area contributed by atoms with E-state index < -0.39 is 23.8 Å². The van der Waals surface area contributed by atoms with Gasteiger partial charge in [0.1, 0.15) is 12.1 Å². The van der Waals surface area contributed by atoms with Gasteiger partial charge in [-0.15, -0.1) is 5.10 Å². The lowest BCUT2D eigenvalue weighted by Gasteiger charge is -2.36. The van der Waals surface area contributed by atoms with E-state index in [1.807, 2.05) is 0 Å². The molecule has 1 aromatic heterocycles. The predicted molar refractivity (Wildman–Crippen MR) is 129 cm³/mol. The number of halogens is 3. The van der Waals surface area contributed by atoms with Crippen LogP contribution < -0.4 is 5.32 Å². The van der Waals surface area contributed by atoms with Gasteiger partial charge < -0.3 is 19.9 Å². The highest BCUT2D eigenvalue weighted by atomic mass is 19.4. The third-order valence-corrected chi connectivity index (χ3v) is 6.93. The number of ether oxygens (including phenoxy) is 1. The number of aromatic amines is 1. The average Bonchev–Trinajstić information content (AvgIpc) is 3.53. The summed E-state index contributed by atoms with van der Waals surface area (Å²) in [4.78, 5) is 41.2. The zero-order chi connectivity index (χ0) is 26.9. The van der Waals surface area contributed by atoms with E-state index in [4.69, 9.17) is 4.74 Å². The topological polar surface area (TPSA) is 121 Å². The molecule has 2 fully saturated rings. The van der Waals surface area contributed by atoms with Crippen LogP contribution in [0.5, 0.6) is 0 Å². The van der Waals surface area contributed by atoms with E-state index in [1.165, 1.54) is 17.0 Å². The maximum atomic E-state index is 12.8. The summed E-state index contributed by atoms with van der Waals surface area (Å²) in [5.41, 5.74) is 1.63. The van der Waals surface area contributed by atoms with Gasteiger partial charge in [0.25, 0.3) is 0 Å². The lowest BCUT2D eigenvalue weighted by atomic mass is 10.0. The number of hydrogen-bond acceptors (Lipinski definition) is 6. The number of aromatic nitrogens is 3. The van der Waals surface area contributed by atoms with Crippen LogP contribution in [0.1, 0.15) is 30.4 Å². The molecule has 2 N–H and O–H groups in total. The van der Waals surface area contributed by atoms with Crippen molar-refractivity contribution in [2.24, 2.45) is 5.92 Å². The summed E-state index contributed by atoms with van der Waals surface area (Å²) in [5, 5.41) is 13.2. The van der Waals surface area contributed by atoms with Gasteiger partial charge in [0.2, 0.25) is 11.8 Å². The Morgan fingerprint density at radius 2 is 1.84 bits per heavy atom. The third-order valence-electron chi connectivity index (χ3n) is 6.93. The summed E-state index contributed by atoms with van der Waals surface area (Å²) in [5.74, 6) is -0.823. The number of likely N-dealkylation sites (tertiary alicyclic amines) is 2. The highest BCUT2D eigenvalue weighted by Gasteiger charge is 2.39. The number of carbonyl (C=O) groups is 3. The van der Waals surface area contributed by atoms with Gasteiger partial charge in [-0.2, -0.15) is 13.2 Å². The minimum absolute atomic E-state index is 0.0919. The van der Waals surface area contributed by atoms with Crippen molar-refractivity contribution < 1.29 is 32.3 Å². The molecule has 38 heavy (non-hydrogen) atoms. The first kappa shape index (κ1) is 25.5. The molecule has 2 aliphatic rings. The van der Waals surface area contributed by atoms with Crippen molar-refractivity contribution in [3.8, 4) is 0 Å². The minimum atomic E-state index is -4.42. The van der Waals surface area contributed by atoms with Gasteiger partial charge in [0.15, 0.2) is 0 Å². The number of alkyl halides is 3. The SMILES string of the molecule is O=C(Nc1ccc2[nH]nnc2c1)C1CC(=O)N(C2CCN(C(=O)OCc3ccc(C(F)(F)F)cc3)CC2)C1. The Balaban J connectivity index is 1.08. The number of nitrogens with one attached hydrogen (secondary N) is 2.